The molecule has 0 bridgehead atoms. The highest BCUT2D eigenvalue weighted by atomic mass is 79.9. The molecule has 4 heteroatoms. The molecule has 0 spiro atoms. The molecule has 18 heavy (non-hydrogen) atoms. The van der Waals surface area contributed by atoms with E-state index in [4.69, 9.17) is 0 Å². The summed E-state index contributed by atoms with van der Waals surface area (Å²) in [7, 11) is 0. The minimum atomic E-state index is 0.0473. The Kier molecular flexibility index (Phi) is 3.97. The van der Waals surface area contributed by atoms with Gasteiger partial charge in [-0.1, -0.05) is 44.2 Å². The standard InChI is InChI=1S/C14H16BrN3/c1-14(2,11-6-4-3-5-7-11)9-17-13-12(15)8-16-10-18-13/h3-8,10H,9H2,1-2H3,(H,16,17,18). The first-order valence-corrected chi connectivity index (χ1v) is 6.64. The molecule has 0 radical (unpaired) electrons. The largest absolute Gasteiger partial charge is 0.368 e. The summed E-state index contributed by atoms with van der Waals surface area (Å²) < 4.78 is 0.883. The molecule has 0 fully saturated rings. The minimum absolute atomic E-state index is 0.0473. The van der Waals surface area contributed by atoms with Gasteiger partial charge in [-0.25, -0.2) is 9.97 Å². The normalized spacial score (nSPS) is 11.3. The molecule has 0 aliphatic carbocycles. The van der Waals surface area contributed by atoms with Gasteiger partial charge in [0.1, 0.15) is 12.1 Å². The van der Waals surface area contributed by atoms with E-state index < -0.39 is 0 Å². The fourth-order valence-electron chi connectivity index (χ4n) is 1.74. The van der Waals surface area contributed by atoms with Crippen LogP contribution in [0.25, 0.3) is 0 Å². The molecule has 1 aromatic heterocycles. The number of aromatic nitrogens is 2. The first kappa shape index (κ1) is 13.0. The summed E-state index contributed by atoms with van der Waals surface area (Å²) in [5.41, 5.74) is 1.36. The SMILES string of the molecule is CC(C)(CNc1ncncc1Br)c1ccccc1. The van der Waals surface area contributed by atoms with E-state index in [2.05, 4.69) is 69.3 Å². The maximum atomic E-state index is 4.21. The Labute approximate surface area is 116 Å². The van der Waals surface area contributed by atoms with Crippen LogP contribution >= 0.6 is 15.9 Å². The van der Waals surface area contributed by atoms with Crippen molar-refractivity contribution in [2.75, 3.05) is 11.9 Å². The van der Waals surface area contributed by atoms with Crippen molar-refractivity contribution in [3.63, 3.8) is 0 Å². The van der Waals surface area contributed by atoms with Gasteiger partial charge in [0, 0.05) is 18.2 Å². The number of hydrogen-bond donors (Lipinski definition) is 1. The van der Waals surface area contributed by atoms with Crippen LogP contribution < -0.4 is 5.32 Å². The van der Waals surface area contributed by atoms with Gasteiger partial charge in [0.2, 0.25) is 0 Å². The van der Waals surface area contributed by atoms with Gasteiger partial charge >= 0.3 is 0 Å². The predicted octanol–water partition coefficient (Wildman–Crippen LogP) is 3.63. The van der Waals surface area contributed by atoms with Crippen molar-refractivity contribution in [3.05, 3.63) is 52.9 Å². The number of rotatable bonds is 4. The van der Waals surface area contributed by atoms with Crippen molar-refractivity contribution < 1.29 is 0 Å². The van der Waals surface area contributed by atoms with E-state index in [0.29, 0.717) is 0 Å². The van der Waals surface area contributed by atoms with Gasteiger partial charge in [-0.15, -0.1) is 0 Å². The molecular formula is C14H16BrN3. The zero-order chi connectivity index (χ0) is 13.0. The summed E-state index contributed by atoms with van der Waals surface area (Å²) >= 11 is 3.43. The van der Waals surface area contributed by atoms with Crippen LogP contribution in [-0.4, -0.2) is 16.5 Å². The molecule has 0 aliphatic heterocycles. The number of benzene rings is 1. The van der Waals surface area contributed by atoms with Gasteiger partial charge in [-0.05, 0) is 21.5 Å². The summed E-state index contributed by atoms with van der Waals surface area (Å²) in [5.74, 6) is 0.828. The molecule has 0 atom stereocenters. The van der Waals surface area contributed by atoms with Crippen LogP contribution in [0.15, 0.2) is 47.3 Å². The molecule has 0 amide bonds. The lowest BCUT2D eigenvalue weighted by Gasteiger charge is -2.26. The van der Waals surface area contributed by atoms with Crippen LogP contribution in [0.5, 0.6) is 0 Å². The number of hydrogen-bond acceptors (Lipinski definition) is 3. The highest BCUT2D eigenvalue weighted by molar-refractivity contribution is 9.10. The van der Waals surface area contributed by atoms with E-state index in [1.54, 1.807) is 12.5 Å². The molecule has 0 aliphatic rings. The zero-order valence-electron chi connectivity index (χ0n) is 10.5. The first-order chi connectivity index (χ1) is 8.59. The molecule has 0 saturated carbocycles. The van der Waals surface area contributed by atoms with E-state index >= 15 is 0 Å². The molecule has 1 N–H and O–H groups in total. The lowest BCUT2D eigenvalue weighted by molar-refractivity contribution is 0.556. The minimum Gasteiger partial charge on any atom is -0.368 e. The Morgan fingerprint density at radius 1 is 1.22 bits per heavy atom. The zero-order valence-corrected chi connectivity index (χ0v) is 12.1. The van der Waals surface area contributed by atoms with E-state index in [-0.39, 0.29) is 5.41 Å². The quantitative estimate of drug-likeness (QED) is 0.937. The van der Waals surface area contributed by atoms with Gasteiger partial charge in [0.15, 0.2) is 0 Å². The third kappa shape index (κ3) is 3.07. The first-order valence-electron chi connectivity index (χ1n) is 5.84. The van der Waals surface area contributed by atoms with Crippen LogP contribution in [-0.2, 0) is 5.41 Å². The molecule has 1 heterocycles. The second kappa shape index (κ2) is 5.48. The van der Waals surface area contributed by atoms with Crippen molar-refractivity contribution in [2.24, 2.45) is 0 Å². The average molecular weight is 306 g/mol. The second-order valence-corrected chi connectivity index (χ2v) is 5.68. The van der Waals surface area contributed by atoms with E-state index in [0.717, 1.165) is 16.8 Å². The Bertz CT molecular complexity index is 511. The highest BCUT2D eigenvalue weighted by Gasteiger charge is 2.20. The molecule has 3 nitrogen and oxygen atoms in total. The van der Waals surface area contributed by atoms with Crippen LogP contribution in [0, 0.1) is 0 Å². The van der Waals surface area contributed by atoms with Crippen molar-refractivity contribution in [3.8, 4) is 0 Å². The van der Waals surface area contributed by atoms with Gasteiger partial charge in [0.25, 0.3) is 0 Å². The Hall–Kier alpha value is -1.42. The van der Waals surface area contributed by atoms with Gasteiger partial charge in [-0.3, -0.25) is 0 Å². The summed E-state index contributed by atoms with van der Waals surface area (Å²) in [6.45, 7) is 5.24. The smallest absolute Gasteiger partial charge is 0.143 e. The molecule has 0 unspecified atom stereocenters. The second-order valence-electron chi connectivity index (χ2n) is 4.82. The fraction of sp³-hybridized carbons (Fsp3) is 0.286. The van der Waals surface area contributed by atoms with Crippen LogP contribution in [0.4, 0.5) is 5.82 Å². The monoisotopic (exact) mass is 305 g/mol. The van der Waals surface area contributed by atoms with Crippen LogP contribution in [0.1, 0.15) is 19.4 Å². The maximum Gasteiger partial charge on any atom is 0.143 e. The Balaban J connectivity index is 2.08. The summed E-state index contributed by atoms with van der Waals surface area (Å²) in [4.78, 5) is 8.16. The lowest BCUT2D eigenvalue weighted by atomic mass is 9.85. The number of halogens is 1. The third-order valence-electron chi connectivity index (χ3n) is 2.92. The van der Waals surface area contributed by atoms with E-state index in [9.17, 15) is 0 Å². The van der Waals surface area contributed by atoms with Crippen molar-refractivity contribution in [2.45, 2.75) is 19.3 Å². The summed E-state index contributed by atoms with van der Waals surface area (Å²) in [5, 5.41) is 3.35. The molecule has 2 aromatic rings. The van der Waals surface area contributed by atoms with Crippen molar-refractivity contribution in [1.82, 2.24) is 9.97 Å². The third-order valence-corrected chi connectivity index (χ3v) is 3.50. The van der Waals surface area contributed by atoms with E-state index in [1.165, 1.54) is 5.56 Å². The van der Waals surface area contributed by atoms with Gasteiger partial charge in [0.05, 0.1) is 4.47 Å². The summed E-state index contributed by atoms with van der Waals surface area (Å²) in [6.07, 6.45) is 3.29. The van der Waals surface area contributed by atoms with E-state index in [1.807, 2.05) is 6.07 Å². The maximum absolute atomic E-state index is 4.21. The van der Waals surface area contributed by atoms with Crippen LogP contribution in [0.3, 0.4) is 0 Å². The predicted molar refractivity (Wildman–Crippen MR) is 77.7 cm³/mol. The lowest BCUT2D eigenvalue weighted by Crippen LogP contribution is -2.28. The topological polar surface area (TPSA) is 37.8 Å². The molecule has 2 rings (SSSR count). The number of anilines is 1. The Morgan fingerprint density at radius 2 is 1.94 bits per heavy atom. The van der Waals surface area contributed by atoms with Crippen LogP contribution in [0.2, 0.25) is 0 Å². The van der Waals surface area contributed by atoms with Crippen molar-refractivity contribution in [1.29, 1.82) is 0 Å². The van der Waals surface area contributed by atoms with Crippen molar-refractivity contribution >= 4 is 21.7 Å². The van der Waals surface area contributed by atoms with Gasteiger partial charge in [-0.2, -0.15) is 0 Å². The van der Waals surface area contributed by atoms with Gasteiger partial charge < -0.3 is 5.32 Å². The highest BCUT2D eigenvalue weighted by Crippen LogP contribution is 2.24. The Morgan fingerprint density at radius 3 is 2.61 bits per heavy atom. The molecular weight excluding hydrogens is 290 g/mol. The molecule has 94 valence electrons. The summed E-state index contributed by atoms with van der Waals surface area (Å²) in [6, 6.07) is 10.5. The molecule has 1 aromatic carbocycles. The fourth-order valence-corrected chi connectivity index (χ4v) is 2.10. The average Bonchev–Trinajstić information content (AvgIpc) is 2.39. The number of nitrogens with one attached hydrogen (secondary N) is 1. The molecule has 0 saturated heterocycles. The number of nitrogens with zero attached hydrogens (tertiary/aromatic N) is 2.